The highest BCUT2D eigenvalue weighted by molar-refractivity contribution is 9.10. The smallest absolute Gasteiger partial charge is 0.204 e. The fourth-order valence-electron chi connectivity index (χ4n) is 2.33. The molecular weight excluding hydrogens is 372 g/mol. The predicted octanol–water partition coefficient (Wildman–Crippen LogP) is 3.48. The molecule has 0 bridgehead atoms. The largest absolute Gasteiger partial charge is 0.496 e. The van der Waals surface area contributed by atoms with Gasteiger partial charge in [0.15, 0.2) is 0 Å². The summed E-state index contributed by atoms with van der Waals surface area (Å²) in [5.41, 5.74) is 3.04. The normalized spacial score (nSPS) is 10.7. The minimum Gasteiger partial charge on any atom is -0.496 e. The van der Waals surface area contributed by atoms with E-state index in [0.29, 0.717) is 12.4 Å². The van der Waals surface area contributed by atoms with Gasteiger partial charge in [0.2, 0.25) is 5.82 Å². The molecule has 3 aromatic rings. The molecule has 0 aliphatic rings. The number of tetrazole rings is 1. The zero-order chi connectivity index (χ0) is 17.1. The maximum absolute atomic E-state index is 5.43. The van der Waals surface area contributed by atoms with Crippen molar-refractivity contribution in [3.63, 3.8) is 0 Å². The Bertz CT molecular complexity index is 846. The standard InChI is InChI=1S/C17H17BrN4O2/c1-11-4-6-12(7-5-11)17-19-21-22(20-17)10-13-8-16(24-3)14(18)9-15(13)23-2/h4-9H,10H2,1-3H3. The van der Waals surface area contributed by atoms with Gasteiger partial charge in [-0.05, 0) is 40.2 Å². The highest BCUT2D eigenvalue weighted by Gasteiger charge is 2.12. The summed E-state index contributed by atoms with van der Waals surface area (Å²) >= 11 is 3.45. The maximum Gasteiger partial charge on any atom is 0.204 e. The van der Waals surface area contributed by atoms with E-state index in [9.17, 15) is 0 Å². The first-order valence-electron chi connectivity index (χ1n) is 7.36. The summed E-state index contributed by atoms with van der Waals surface area (Å²) in [5.74, 6) is 2.06. The van der Waals surface area contributed by atoms with Crippen molar-refractivity contribution in [3.05, 3.63) is 52.0 Å². The molecule has 1 aromatic heterocycles. The minimum atomic E-state index is 0.436. The highest BCUT2D eigenvalue weighted by Crippen LogP contribution is 2.33. The second-order valence-electron chi connectivity index (χ2n) is 5.31. The third-order valence-electron chi connectivity index (χ3n) is 3.63. The van der Waals surface area contributed by atoms with Crippen LogP contribution in [-0.4, -0.2) is 34.4 Å². The number of aromatic nitrogens is 4. The molecular formula is C17H17BrN4O2. The first-order valence-corrected chi connectivity index (χ1v) is 8.15. The van der Waals surface area contributed by atoms with E-state index in [0.717, 1.165) is 27.1 Å². The van der Waals surface area contributed by atoms with Crippen LogP contribution < -0.4 is 9.47 Å². The molecule has 7 heteroatoms. The van der Waals surface area contributed by atoms with Crippen molar-refractivity contribution >= 4 is 15.9 Å². The van der Waals surface area contributed by atoms with Crippen molar-refractivity contribution in [2.24, 2.45) is 0 Å². The van der Waals surface area contributed by atoms with Crippen molar-refractivity contribution in [1.82, 2.24) is 20.2 Å². The van der Waals surface area contributed by atoms with Crippen LogP contribution in [0.25, 0.3) is 11.4 Å². The minimum absolute atomic E-state index is 0.436. The van der Waals surface area contributed by atoms with Crippen LogP contribution in [0.15, 0.2) is 40.9 Å². The van der Waals surface area contributed by atoms with Gasteiger partial charge in [0.1, 0.15) is 11.5 Å². The zero-order valence-corrected chi connectivity index (χ0v) is 15.2. The Morgan fingerprint density at radius 3 is 2.42 bits per heavy atom. The lowest BCUT2D eigenvalue weighted by molar-refractivity contribution is 0.393. The van der Waals surface area contributed by atoms with Crippen LogP contribution in [-0.2, 0) is 6.54 Å². The third-order valence-corrected chi connectivity index (χ3v) is 4.25. The molecule has 1 heterocycles. The van der Waals surface area contributed by atoms with Crippen molar-refractivity contribution in [1.29, 1.82) is 0 Å². The van der Waals surface area contributed by atoms with Crippen LogP contribution in [0.5, 0.6) is 11.5 Å². The molecule has 0 fully saturated rings. The lowest BCUT2D eigenvalue weighted by atomic mass is 10.1. The number of rotatable bonds is 5. The molecule has 6 nitrogen and oxygen atoms in total. The van der Waals surface area contributed by atoms with E-state index in [1.807, 2.05) is 43.3 Å². The Hall–Kier alpha value is -2.41. The fourth-order valence-corrected chi connectivity index (χ4v) is 2.81. The van der Waals surface area contributed by atoms with Crippen LogP contribution in [0.3, 0.4) is 0 Å². The second-order valence-corrected chi connectivity index (χ2v) is 6.16. The maximum atomic E-state index is 5.43. The van der Waals surface area contributed by atoms with E-state index in [1.54, 1.807) is 19.0 Å². The number of aryl methyl sites for hydroxylation is 1. The monoisotopic (exact) mass is 388 g/mol. The lowest BCUT2D eigenvalue weighted by Gasteiger charge is -2.11. The summed E-state index contributed by atoms with van der Waals surface area (Å²) in [6.07, 6.45) is 0. The van der Waals surface area contributed by atoms with Gasteiger partial charge >= 0.3 is 0 Å². The van der Waals surface area contributed by atoms with Crippen LogP contribution in [0.4, 0.5) is 0 Å². The number of halogens is 1. The van der Waals surface area contributed by atoms with E-state index in [4.69, 9.17) is 9.47 Å². The summed E-state index contributed by atoms with van der Waals surface area (Å²) in [7, 11) is 3.25. The molecule has 3 rings (SSSR count). The SMILES string of the molecule is COc1cc(Cn2nnc(-c3ccc(C)cc3)n2)c(OC)cc1Br. The van der Waals surface area contributed by atoms with Crippen molar-refractivity contribution in [2.45, 2.75) is 13.5 Å². The Labute approximate surface area is 148 Å². The van der Waals surface area contributed by atoms with Gasteiger partial charge in [-0.1, -0.05) is 29.8 Å². The summed E-state index contributed by atoms with van der Waals surface area (Å²) < 4.78 is 11.6. The number of methoxy groups -OCH3 is 2. The highest BCUT2D eigenvalue weighted by atomic mass is 79.9. The van der Waals surface area contributed by atoms with Gasteiger partial charge in [-0.25, -0.2) is 0 Å². The Kier molecular flexibility index (Phi) is 4.80. The lowest BCUT2D eigenvalue weighted by Crippen LogP contribution is -2.06. The first kappa shape index (κ1) is 16.4. The Morgan fingerprint density at radius 1 is 1.04 bits per heavy atom. The van der Waals surface area contributed by atoms with Crippen molar-refractivity contribution in [3.8, 4) is 22.9 Å². The molecule has 0 N–H and O–H groups in total. The van der Waals surface area contributed by atoms with Gasteiger partial charge in [0.05, 0.1) is 25.2 Å². The van der Waals surface area contributed by atoms with Crippen molar-refractivity contribution in [2.75, 3.05) is 14.2 Å². The average Bonchev–Trinajstić information content (AvgIpc) is 3.05. The number of nitrogens with zero attached hydrogens (tertiary/aromatic N) is 4. The van der Waals surface area contributed by atoms with Crippen LogP contribution in [0.1, 0.15) is 11.1 Å². The number of ether oxygens (including phenoxy) is 2. The summed E-state index contributed by atoms with van der Waals surface area (Å²) in [4.78, 5) is 1.54. The summed E-state index contributed by atoms with van der Waals surface area (Å²) in [6.45, 7) is 2.48. The van der Waals surface area contributed by atoms with Crippen LogP contribution in [0.2, 0.25) is 0 Å². The summed E-state index contributed by atoms with van der Waals surface area (Å²) in [6, 6.07) is 11.8. The van der Waals surface area contributed by atoms with E-state index >= 15 is 0 Å². The quantitative estimate of drug-likeness (QED) is 0.669. The number of hydrogen-bond acceptors (Lipinski definition) is 5. The predicted molar refractivity (Wildman–Crippen MR) is 94.3 cm³/mol. The molecule has 2 aromatic carbocycles. The molecule has 124 valence electrons. The molecule has 0 saturated heterocycles. The third kappa shape index (κ3) is 3.41. The Morgan fingerprint density at radius 2 is 1.75 bits per heavy atom. The zero-order valence-electron chi connectivity index (χ0n) is 13.7. The fraction of sp³-hybridized carbons (Fsp3) is 0.235. The number of benzene rings is 2. The Balaban J connectivity index is 1.88. The van der Waals surface area contributed by atoms with Gasteiger partial charge in [0.25, 0.3) is 0 Å². The van der Waals surface area contributed by atoms with Crippen molar-refractivity contribution < 1.29 is 9.47 Å². The van der Waals surface area contributed by atoms with Gasteiger partial charge in [0, 0.05) is 11.1 Å². The summed E-state index contributed by atoms with van der Waals surface area (Å²) in [5, 5.41) is 12.7. The molecule has 0 aliphatic carbocycles. The van der Waals surface area contributed by atoms with E-state index < -0.39 is 0 Å². The molecule has 0 radical (unpaired) electrons. The van der Waals surface area contributed by atoms with Gasteiger partial charge in [-0.3, -0.25) is 0 Å². The molecule has 0 unspecified atom stereocenters. The van der Waals surface area contributed by atoms with Gasteiger partial charge in [-0.15, -0.1) is 10.2 Å². The number of hydrogen-bond donors (Lipinski definition) is 0. The molecule has 0 saturated carbocycles. The van der Waals surface area contributed by atoms with E-state index in [2.05, 4.69) is 31.3 Å². The second kappa shape index (κ2) is 7.00. The van der Waals surface area contributed by atoms with Crippen LogP contribution in [0, 0.1) is 6.92 Å². The molecule has 0 spiro atoms. The van der Waals surface area contributed by atoms with Crippen LogP contribution >= 0.6 is 15.9 Å². The first-order chi connectivity index (χ1) is 11.6. The topological polar surface area (TPSA) is 62.1 Å². The molecule has 0 atom stereocenters. The van der Waals surface area contributed by atoms with E-state index in [-0.39, 0.29) is 0 Å². The molecule has 0 amide bonds. The van der Waals surface area contributed by atoms with Gasteiger partial charge in [-0.2, -0.15) is 4.80 Å². The molecule has 24 heavy (non-hydrogen) atoms. The van der Waals surface area contributed by atoms with E-state index in [1.165, 1.54) is 5.56 Å². The molecule has 0 aliphatic heterocycles. The average molecular weight is 389 g/mol. The van der Waals surface area contributed by atoms with Gasteiger partial charge < -0.3 is 9.47 Å².